The predicted molar refractivity (Wildman–Crippen MR) is 118 cm³/mol. The van der Waals surface area contributed by atoms with Crippen LogP contribution < -0.4 is 5.73 Å². The number of benzene rings is 1. The Kier molecular flexibility index (Phi) is 8.46. The number of carbonyl (C=O) groups is 1. The second-order valence-corrected chi connectivity index (χ2v) is 8.73. The van der Waals surface area contributed by atoms with Crippen molar-refractivity contribution in [2.24, 2.45) is 5.73 Å². The van der Waals surface area contributed by atoms with Gasteiger partial charge in [-0.1, -0.05) is 19.3 Å². The van der Waals surface area contributed by atoms with Crippen molar-refractivity contribution in [3.8, 4) is 11.1 Å². The fourth-order valence-corrected chi connectivity index (χ4v) is 4.59. The van der Waals surface area contributed by atoms with Gasteiger partial charge < -0.3 is 10.5 Å². The monoisotopic (exact) mass is 466 g/mol. The molecule has 1 heterocycles. The second kappa shape index (κ2) is 11.1. The van der Waals surface area contributed by atoms with Crippen LogP contribution in [0.15, 0.2) is 30.5 Å². The molecule has 33 heavy (non-hydrogen) atoms. The Balaban J connectivity index is 0.000000323. The molecule has 4 rings (SSSR count). The van der Waals surface area contributed by atoms with E-state index in [1.165, 1.54) is 44.4 Å². The number of pyridine rings is 1. The molecule has 0 spiro atoms. The molecule has 2 aliphatic rings. The van der Waals surface area contributed by atoms with Crippen LogP contribution in [0, 0.1) is 11.6 Å². The average molecular weight is 467 g/mol. The van der Waals surface area contributed by atoms with Gasteiger partial charge in [0, 0.05) is 43.2 Å². The zero-order valence-corrected chi connectivity index (χ0v) is 18.8. The van der Waals surface area contributed by atoms with Gasteiger partial charge in [-0.15, -0.1) is 0 Å². The third-order valence-electron chi connectivity index (χ3n) is 6.43. The summed E-state index contributed by atoms with van der Waals surface area (Å²) in [6.45, 7) is 0. The number of ether oxygens (including phenoxy) is 1. The molecule has 4 nitrogen and oxygen atoms in total. The molecule has 0 saturated heterocycles. The molecular weight excluding hydrogens is 436 g/mol. The van der Waals surface area contributed by atoms with Gasteiger partial charge in [-0.25, -0.2) is 17.6 Å². The highest BCUT2D eigenvalue weighted by atomic mass is 19.3. The number of rotatable bonds is 4. The van der Waals surface area contributed by atoms with E-state index in [9.17, 15) is 22.4 Å². The molecule has 2 fully saturated rings. The van der Waals surface area contributed by atoms with Crippen LogP contribution in [0.1, 0.15) is 79.8 Å². The molecular formula is C25H30F4N2O2. The van der Waals surface area contributed by atoms with Crippen LogP contribution in [0.5, 0.6) is 0 Å². The van der Waals surface area contributed by atoms with Gasteiger partial charge in [0.25, 0.3) is 5.91 Å². The Bertz CT molecular complexity index is 951. The van der Waals surface area contributed by atoms with Crippen molar-refractivity contribution >= 4 is 5.91 Å². The van der Waals surface area contributed by atoms with Crippen molar-refractivity contribution in [2.45, 2.75) is 75.7 Å². The van der Waals surface area contributed by atoms with E-state index >= 15 is 0 Å². The first-order chi connectivity index (χ1) is 15.7. The average Bonchev–Trinajstić information content (AvgIpc) is 2.81. The third-order valence-corrected chi connectivity index (χ3v) is 6.43. The summed E-state index contributed by atoms with van der Waals surface area (Å²) >= 11 is 0. The summed E-state index contributed by atoms with van der Waals surface area (Å²) in [5.41, 5.74) is 5.69. The minimum Gasteiger partial charge on any atom is -0.381 e. The summed E-state index contributed by atoms with van der Waals surface area (Å²) in [6, 6.07) is 4.26. The van der Waals surface area contributed by atoms with Crippen LogP contribution >= 0.6 is 0 Å². The first kappa shape index (κ1) is 25.1. The zero-order chi connectivity index (χ0) is 24.0. The maximum atomic E-state index is 14.1. The first-order valence-electron chi connectivity index (χ1n) is 11.4. The molecule has 0 radical (unpaired) electrons. The minimum atomic E-state index is -2.73. The summed E-state index contributed by atoms with van der Waals surface area (Å²) in [5, 5.41) is 0. The number of alkyl halides is 2. The SMILES string of the molecule is COC1CCCCC1.NC(=O)c1c(-c2cc(F)ccc2F)ccnc1C1CCC(F)(F)CC1. The highest BCUT2D eigenvalue weighted by molar-refractivity contribution is 6.01. The van der Waals surface area contributed by atoms with Gasteiger partial charge in [-0.05, 0) is 49.9 Å². The molecule has 0 aliphatic heterocycles. The van der Waals surface area contributed by atoms with E-state index in [1.54, 1.807) is 0 Å². The highest BCUT2D eigenvalue weighted by Crippen LogP contribution is 2.42. The van der Waals surface area contributed by atoms with Gasteiger partial charge in [0.05, 0.1) is 17.4 Å². The number of primary amides is 1. The molecule has 2 aromatic rings. The molecule has 2 saturated carbocycles. The maximum Gasteiger partial charge on any atom is 0.251 e. The van der Waals surface area contributed by atoms with Crippen molar-refractivity contribution in [3.63, 3.8) is 0 Å². The second-order valence-electron chi connectivity index (χ2n) is 8.73. The Hall–Kier alpha value is -2.48. The standard InChI is InChI=1S/C18H16F4N2O.C7H14O/c19-11-1-2-14(20)13(9-11)12-5-8-24-16(15(12)17(23)25)10-3-6-18(21,22)7-4-10;1-8-7-5-3-2-4-6-7/h1-2,5,8-10H,3-4,6-7H2,(H2,23,25);7H,2-6H2,1H3. The van der Waals surface area contributed by atoms with Gasteiger partial charge in [0.2, 0.25) is 5.92 Å². The van der Waals surface area contributed by atoms with Gasteiger partial charge in [-0.2, -0.15) is 0 Å². The molecule has 1 aromatic heterocycles. The van der Waals surface area contributed by atoms with Gasteiger partial charge in [0.15, 0.2) is 0 Å². The molecule has 180 valence electrons. The number of nitrogens with zero attached hydrogens (tertiary/aromatic N) is 1. The summed E-state index contributed by atoms with van der Waals surface area (Å²) in [7, 11) is 1.82. The lowest BCUT2D eigenvalue weighted by Crippen LogP contribution is -2.26. The number of amides is 1. The normalized spacial score (nSPS) is 18.9. The van der Waals surface area contributed by atoms with Crippen LogP contribution in [-0.2, 0) is 4.74 Å². The van der Waals surface area contributed by atoms with Crippen LogP contribution in [0.3, 0.4) is 0 Å². The van der Waals surface area contributed by atoms with Crippen molar-refractivity contribution in [1.82, 2.24) is 4.98 Å². The van der Waals surface area contributed by atoms with Crippen molar-refractivity contribution < 1.29 is 27.1 Å². The van der Waals surface area contributed by atoms with Crippen molar-refractivity contribution in [1.29, 1.82) is 0 Å². The van der Waals surface area contributed by atoms with Gasteiger partial charge >= 0.3 is 0 Å². The zero-order valence-electron chi connectivity index (χ0n) is 18.8. The molecule has 0 bridgehead atoms. The van der Waals surface area contributed by atoms with Crippen LogP contribution in [0.25, 0.3) is 11.1 Å². The van der Waals surface area contributed by atoms with E-state index in [-0.39, 0.29) is 54.0 Å². The Labute approximate surface area is 191 Å². The molecule has 1 amide bonds. The fourth-order valence-electron chi connectivity index (χ4n) is 4.59. The minimum absolute atomic E-state index is 0.0396. The lowest BCUT2D eigenvalue weighted by Gasteiger charge is -2.29. The van der Waals surface area contributed by atoms with Crippen molar-refractivity contribution in [2.75, 3.05) is 7.11 Å². The molecule has 0 atom stereocenters. The van der Waals surface area contributed by atoms with E-state index in [2.05, 4.69) is 4.98 Å². The number of methoxy groups -OCH3 is 1. The lowest BCUT2D eigenvalue weighted by atomic mass is 9.81. The van der Waals surface area contributed by atoms with Gasteiger partial charge in [0.1, 0.15) is 11.6 Å². The lowest BCUT2D eigenvalue weighted by molar-refractivity contribution is -0.0385. The molecule has 0 unspecified atom stereocenters. The number of nitrogens with two attached hydrogens (primary N) is 1. The van der Waals surface area contributed by atoms with Crippen LogP contribution in [0.4, 0.5) is 17.6 Å². The van der Waals surface area contributed by atoms with E-state index < -0.39 is 23.5 Å². The largest absolute Gasteiger partial charge is 0.381 e. The summed E-state index contributed by atoms with van der Waals surface area (Å²) in [4.78, 5) is 16.1. The summed E-state index contributed by atoms with van der Waals surface area (Å²) in [6.07, 6.45) is 8.36. The number of hydrogen-bond acceptors (Lipinski definition) is 3. The first-order valence-corrected chi connectivity index (χ1v) is 11.4. The van der Waals surface area contributed by atoms with Crippen LogP contribution in [0.2, 0.25) is 0 Å². The number of halogens is 4. The Morgan fingerprint density at radius 3 is 2.27 bits per heavy atom. The topological polar surface area (TPSA) is 65.2 Å². The molecule has 1 aromatic carbocycles. The van der Waals surface area contributed by atoms with E-state index in [0.29, 0.717) is 6.10 Å². The maximum absolute atomic E-state index is 14.1. The molecule has 2 N–H and O–H groups in total. The summed E-state index contributed by atoms with van der Waals surface area (Å²) in [5.74, 6) is -5.33. The predicted octanol–water partition coefficient (Wildman–Crippen LogP) is 6.38. The number of aromatic nitrogens is 1. The molecule has 8 heteroatoms. The van der Waals surface area contributed by atoms with Gasteiger partial charge in [-0.3, -0.25) is 9.78 Å². The van der Waals surface area contributed by atoms with Crippen LogP contribution in [-0.4, -0.2) is 30.0 Å². The highest BCUT2D eigenvalue weighted by Gasteiger charge is 2.37. The molecule has 2 aliphatic carbocycles. The van der Waals surface area contributed by atoms with E-state index in [1.807, 2.05) is 7.11 Å². The Morgan fingerprint density at radius 1 is 1.03 bits per heavy atom. The van der Waals surface area contributed by atoms with E-state index in [0.717, 1.165) is 18.2 Å². The number of hydrogen-bond donors (Lipinski definition) is 1. The van der Waals surface area contributed by atoms with Crippen molar-refractivity contribution in [3.05, 3.63) is 53.4 Å². The number of carbonyl (C=O) groups excluding carboxylic acids is 1. The van der Waals surface area contributed by atoms with E-state index in [4.69, 9.17) is 10.5 Å². The summed E-state index contributed by atoms with van der Waals surface area (Å²) < 4.78 is 59.6. The smallest absolute Gasteiger partial charge is 0.251 e. The third kappa shape index (κ3) is 6.53. The fraction of sp³-hybridized carbons (Fsp3) is 0.520. The quantitative estimate of drug-likeness (QED) is 0.532. The Morgan fingerprint density at radius 2 is 1.70 bits per heavy atom.